The third-order valence-electron chi connectivity index (χ3n) is 7.30. The van der Waals surface area contributed by atoms with E-state index in [9.17, 15) is 9.18 Å². The number of anilines is 1. The van der Waals surface area contributed by atoms with E-state index in [0.29, 0.717) is 29.9 Å². The van der Waals surface area contributed by atoms with Gasteiger partial charge >= 0.3 is 6.01 Å². The zero-order chi connectivity index (χ0) is 30.9. The number of pyridine rings is 1. The molecule has 2 aliphatic heterocycles. The Morgan fingerprint density at radius 2 is 1.65 bits per heavy atom. The Balaban J connectivity index is 0.000000408. The van der Waals surface area contributed by atoms with Crippen LogP contribution in [0.4, 0.5) is 14.6 Å². The van der Waals surface area contributed by atoms with Gasteiger partial charge in [0, 0.05) is 44.9 Å². The summed E-state index contributed by atoms with van der Waals surface area (Å²) in [7, 11) is 3.59. The number of hydrogen-bond donors (Lipinski definition) is 0. The number of ether oxygens (including phenoxy) is 1. The van der Waals surface area contributed by atoms with Crippen molar-refractivity contribution in [2.75, 3.05) is 58.3 Å². The largest absolute Gasteiger partial charge is 0.467 e. The molecular formula is C32H35F2N7O2. The Morgan fingerprint density at radius 3 is 2.26 bits per heavy atom. The van der Waals surface area contributed by atoms with E-state index in [-0.39, 0.29) is 30.3 Å². The lowest BCUT2D eigenvalue weighted by molar-refractivity contribution is -0.128. The van der Waals surface area contributed by atoms with Crippen LogP contribution in [0.5, 0.6) is 6.01 Å². The average molecular weight is 588 g/mol. The number of halogens is 2. The molecule has 2 saturated heterocycles. The summed E-state index contributed by atoms with van der Waals surface area (Å²) in [6, 6.07) is 15.1. The summed E-state index contributed by atoms with van der Waals surface area (Å²) in [4.78, 5) is 30.7. The Bertz CT molecular complexity index is 1640. The Morgan fingerprint density at radius 1 is 1.00 bits per heavy atom. The minimum absolute atomic E-state index is 0.0205. The van der Waals surface area contributed by atoms with Gasteiger partial charge in [-0.1, -0.05) is 49.0 Å². The average Bonchev–Trinajstić information content (AvgIpc) is 3.52. The molecule has 4 heterocycles. The number of carbonyl (C=O) groups is 1. The summed E-state index contributed by atoms with van der Waals surface area (Å²) < 4.78 is 34.4. The Kier molecular flexibility index (Phi) is 10.5. The van der Waals surface area contributed by atoms with Gasteiger partial charge in [0.1, 0.15) is 17.0 Å². The zero-order valence-electron chi connectivity index (χ0n) is 24.7. The van der Waals surface area contributed by atoms with Crippen molar-refractivity contribution in [3.8, 4) is 23.3 Å². The number of methoxy groups -OCH3 is 1. The summed E-state index contributed by atoms with van der Waals surface area (Å²) in [5.41, 5.74) is 0.943. The molecule has 43 heavy (non-hydrogen) atoms. The molecule has 6 rings (SSSR count). The van der Waals surface area contributed by atoms with Crippen LogP contribution in [-0.2, 0) is 4.79 Å². The molecule has 2 aromatic carbocycles. The summed E-state index contributed by atoms with van der Waals surface area (Å²) >= 11 is 0. The molecule has 0 N–H and O–H groups in total. The lowest BCUT2D eigenvalue weighted by atomic mass is 10.0. The number of carbonyl (C=O) groups excluding carboxylic acids is 1. The number of nitriles is 1. The highest BCUT2D eigenvalue weighted by atomic mass is 19.1. The van der Waals surface area contributed by atoms with Gasteiger partial charge in [-0.25, -0.2) is 8.78 Å². The number of nitrogens with zero attached hydrogens (tertiary/aromatic N) is 7. The number of aromatic nitrogens is 3. The zero-order valence-corrected chi connectivity index (χ0v) is 24.7. The molecule has 11 heteroatoms. The molecule has 1 amide bonds. The van der Waals surface area contributed by atoms with Crippen molar-refractivity contribution in [2.45, 2.75) is 19.8 Å². The molecule has 0 saturated carbocycles. The standard InChI is InChI=1S/C25H21F2N5O2.C5H11N.C2H3N/c1-15(26)24(33)32-12-10-31(11-13-32)23-19-14-28-21(20(27)22(19)29-25(30-23)34-2)18-9-5-7-16-6-3-4-8-17(16)18;1-6-4-2-3-5-6;1-2-3/h3-9,14H,1,10-13H2,2H3;2-5H2,1H3;1H3. The van der Waals surface area contributed by atoms with Gasteiger partial charge in [-0.05, 0) is 43.8 Å². The number of fused-ring (bicyclic) bond motifs is 2. The van der Waals surface area contributed by atoms with Crippen LogP contribution in [0.1, 0.15) is 19.8 Å². The minimum atomic E-state index is -0.991. The first-order chi connectivity index (χ1) is 20.8. The molecule has 0 unspecified atom stereocenters. The smallest absolute Gasteiger partial charge is 0.318 e. The van der Waals surface area contributed by atoms with Gasteiger partial charge in [-0.3, -0.25) is 9.78 Å². The molecule has 0 aliphatic carbocycles. The van der Waals surface area contributed by atoms with E-state index in [1.54, 1.807) is 12.3 Å². The Hall–Kier alpha value is -4.69. The lowest BCUT2D eigenvalue weighted by Gasteiger charge is -2.35. The second-order valence-electron chi connectivity index (χ2n) is 10.2. The fourth-order valence-electron chi connectivity index (χ4n) is 5.14. The molecule has 0 radical (unpaired) electrons. The number of benzene rings is 2. The summed E-state index contributed by atoms with van der Waals surface area (Å²) in [6.07, 6.45) is 4.39. The predicted octanol–water partition coefficient (Wildman–Crippen LogP) is 5.37. The molecule has 0 spiro atoms. The van der Waals surface area contributed by atoms with Crippen LogP contribution in [0.2, 0.25) is 0 Å². The predicted molar refractivity (Wildman–Crippen MR) is 164 cm³/mol. The maximum Gasteiger partial charge on any atom is 0.318 e. The van der Waals surface area contributed by atoms with Crippen molar-refractivity contribution in [3.05, 3.63) is 66.9 Å². The third kappa shape index (κ3) is 7.21. The van der Waals surface area contributed by atoms with Gasteiger partial charge in [-0.2, -0.15) is 15.2 Å². The molecule has 2 aromatic heterocycles. The molecule has 0 atom stereocenters. The van der Waals surface area contributed by atoms with Crippen molar-refractivity contribution in [2.24, 2.45) is 0 Å². The second-order valence-corrected chi connectivity index (χ2v) is 10.2. The van der Waals surface area contributed by atoms with Crippen LogP contribution in [0.3, 0.4) is 0 Å². The molecule has 2 fully saturated rings. The van der Waals surface area contributed by atoms with E-state index < -0.39 is 17.6 Å². The van der Waals surface area contributed by atoms with Crippen molar-refractivity contribution < 1.29 is 18.3 Å². The summed E-state index contributed by atoms with van der Waals surface area (Å²) in [5.74, 6) is -1.84. The van der Waals surface area contributed by atoms with Gasteiger partial charge in [0.2, 0.25) is 0 Å². The maximum atomic E-state index is 15.9. The number of amides is 1. The highest BCUT2D eigenvalue weighted by Gasteiger charge is 2.27. The van der Waals surface area contributed by atoms with Crippen LogP contribution >= 0.6 is 0 Å². The Labute approximate surface area is 250 Å². The minimum Gasteiger partial charge on any atom is -0.467 e. The molecule has 9 nitrogen and oxygen atoms in total. The number of likely N-dealkylation sites (tertiary alicyclic amines) is 1. The lowest BCUT2D eigenvalue weighted by Crippen LogP contribution is -2.49. The van der Waals surface area contributed by atoms with Gasteiger partial charge < -0.3 is 19.4 Å². The van der Waals surface area contributed by atoms with E-state index in [1.807, 2.05) is 47.4 Å². The first-order valence-corrected chi connectivity index (χ1v) is 14.0. The number of rotatable bonds is 4. The van der Waals surface area contributed by atoms with Crippen molar-refractivity contribution >= 4 is 33.4 Å². The molecule has 4 aromatic rings. The van der Waals surface area contributed by atoms with Crippen LogP contribution in [-0.4, -0.2) is 84.1 Å². The topological polar surface area (TPSA) is 98.5 Å². The van der Waals surface area contributed by atoms with E-state index in [0.717, 1.165) is 10.8 Å². The SMILES string of the molecule is C=C(F)C(=O)N1CCN(c2nc(OC)nc3c(F)c(-c4cccc5ccccc45)ncc23)CC1.CC#N.CN1CCCC1. The fourth-order valence-corrected chi connectivity index (χ4v) is 5.14. The van der Waals surface area contributed by atoms with Crippen LogP contribution in [0, 0.1) is 17.1 Å². The highest BCUT2D eigenvalue weighted by Crippen LogP contribution is 2.34. The van der Waals surface area contributed by atoms with Gasteiger partial charge in [0.15, 0.2) is 11.6 Å². The third-order valence-corrected chi connectivity index (χ3v) is 7.30. The van der Waals surface area contributed by atoms with Crippen molar-refractivity contribution in [1.29, 1.82) is 5.26 Å². The van der Waals surface area contributed by atoms with Crippen molar-refractivity contribution in [1.82, 2.24) is 24.8 Å². The summed E-state index contributed by atoms with van der Waals surface area (Å²) in [6.45, 7) is 8.45. The second kappa shape index (κ2) is 14.5. The fraction of sp³-hybridized carbons (Fsp3) is 0.344. The van der Waals surface area contributed by atoms with E-state index in [4.69, 9.17) is 10.00 Å². The van der Waals surface area contributed by atoms with E-state index in [1.165, 1.54) is 44.9 Å². The van der Waals surface area contributed by atoms with Gasteiger partial charge in [0.05, 0.1) is 18.6 Å². The number of piperazine rings is 1. The summed E-state index contributed by atoms with van der Waals surface area (Å²) in [5, 5.41) is 9.61. The molecule has 224 valence electrons. The normalized spacial score (nSPS) is 14.8. The highest BCUT2D eigenvalue weighted by molar-refractivity contribution is 5.99. The first kappa shape index (κ1) is 31.3. The van der Waals surface area contributed by atoms with E-state index >= 15 is 4.39 Å². The van der Waals surface area contributed by atoms with Crippen LogP contribution in [0.25, 0.3) is 32.9 Å². The van der Waals surface area contributed by atoms with E-state index in [2.05, 4.69) is 33.5 Å². The maximum absolute atomic E-state index is 15.9. The first-order valence-electron chi connectivity index (χ1n) is 14.0. The monoisotopic (exact) mass is 587 g/mol. The van der Waals surface area contributed by atoms with Crippen LogP contribution < -0.4 is 9.64 Å². The van der Waals surface area contributed by atoms with Crippen LogP contribution in [0.15, 0.2) is 61.1 Å². The molecular weight excluding hydrogens is 552 g/mol. The van der Waals surface area contributed by atoms with Gasteiger partial charge in [0.25, 0.3) is 5.91 Å². The quantitative estimate of drug-likeness (QED) is 0.294. The molecule has 0 bridgehead atoms. The number of hydrogen-bond acceptors (Lipinski definition) is 8. The molecule has 2 aliphatic rings. The van der Waals surface area contributed by atoms with Crippen molar-refractivity contribution in [3.63, 3.8) is 0 Å². The van der Waals surface area contributed by atoms with Gasteiger partial charge in [-0.15, -0.1) is 0 Å².